The lowest BCUT2D eigenvalue weighted by Gasteiger charge is -2.22. The van der Waals surface area contributed by atoms with Crippen LogP contribution in [0, 0.1) is 11.8 Å². The monoisotopic (exact) mass is 430 g/mol. The van der Waals surface area contributed by atoms with E-state index in [1.807, 2.05) is 13.0 Å². The highest BCUT2D eigenvalue weighted by Gasteiger charge is 2.34. The number of aliphatic carboxylic acids is 1. The molecule has 2 aliphatic rings. The van der Waals surface area contributed by atoms with Gasteiger partial charge in [0.05, 0.1) is 18.2 Å². The fraction of sp³-hybridized carbons (Fsp3) is 0.300. The molecule has 1 aliphatic heterocycles. The molecule has 0 fully saturated rings. The molecule has 1 aromatic carbocycles. The van der Waals surface area contributed by atoms with E-state index in [4.69, 9.17) is 0 Å². The molecule has 7 heteroatoms. The predicted octanol–water partition coefficient (Wildman–Crippen LogP) is 3.44. The van der Waals surface area contributed by atoms with Gasteiger partial charge in [-0.25, -0.2) is 0 Å². The Morgan fingerprint density at radius 3 is 2.63 bits per heavy atom. The number of benzene rings is 1. The van der Waals surface area contributed by atoms with Crippen LogP contribution in [0.3, 0.4) is 0 Å². The molecule has 0 aromatic heterocycles. The Kier molecular flexibility index (Phi) is 5.70. The highest BCUT2D eigenvalue weighted by Crippen LogP contribution is 2.27. The zero-order valence-electron chi connectivity index (χ0n) is 14.8. The molecule has 2 atom stereocenters. The Morgan fingerprint density at radius 1 is 1.30 bits per heavy atom. The van der Waals surface area contributed by atoms with E-state index in [0.29, 0.717) is 24.2 Å². The smallest absolute Gasteiger partial charge is 0.307 e. The van der Waals surface area contributed by atoms with Crippen molar-refractivity contribution in [3.05, 3.63) is 57.7 Å². The summed E-state index contributed by atoms with van der Waals surface area (Å²) in [5, 5.41) is 15.5. The van der Waals surface area contributed by atoms with Gasteiger partial charge in [-0.3, -0.25) is 19.4 Å². The molecule has 0 saturated heterocycles. The van der Waals surface area contributed by atoms with Crippen LogP contribution in [-0.4, -0.2) is 40.4 Å². The number of carbonyl (C=O) groups is 3. The number of Topliss-reactive ketones (excluding diaryl/α,β-unsaturated/α-hetero) is 1. The summed E-state index contributed by atoms with van der Waals surface area (Å²) >= 11 is 3.31. The van der Waals surface area contributed by atoms with Crippen molar-refractivity contribution in [3.63, 3.8) is 0 Å². The predicted molar refractivity (Wildman–Crippen MR) is 104 cm³/mol. The van der Waals surface area contributed by atoms with Crippen molar-refractivity contribution >= 4 is 39.7 Å². The van der Waals surface area contributed by atoms with Gasteiger partial charge in [-0.1, -0.05) is 33.6 Å². The summed E-state index contributed by atoms with van der Waals surface area (Å²) in [5.41, 5.74) is 2.08. The first-order valence-electron chi connectivity index (χ1n) is 8.58. The molecule has 1 aliphatic carbocycles. The van der Waals surface area contributed by atoms with Crippen LogP contribution in [0.4, 0.5) is 0 Å². The first kappa shape index (κ1) is 19.2. The maximum atomic E-state index is 12.5. The molecule has 140 valence electrons. The normalized spacial score (nSPS) is 20.3. The minimum atomic E-state index is -1.03. The lowest BCUT2D eigenvalue weighted by atomic mass is 9.87. The SMILES string of the molecule is CC1=CC(N2C[C@@H]([C@H](CC(=O)c3ccc(Br)cc3)C(=O)O)C=N2)=CC(=O)C1. The van der Waals surface area contributed by atoms with Crippen molar-refractivity contribution < 1.29 is 19.5 Å². The van der Waals surface area contributed by atoms with E-state index in [1.165, 1.54) is 6.08 Å². The van der Waals surface area contributed by atoms with Crippen molar-refractivity contribution in [3.8, 4) is 0 Å². The van der Waals surface area contributed by atoms with E-state index in [9.17, 15) is 19.5 Å². The second-order valence-corrected chi connectivity index (χ2v) is 7.71. The maximum absolute atomic E-state index is 12.5. The number of ketones is 2. The van der Waals surface area contributed by atoms with Crippen LogP contribution in [0.5, 0.6) is 0 Å². The van der Waals surface area contributed by atoms with Crippen molar-refractivity contribution in [2.24, 2.45) is 16.9 Å². The van der Waals surface area contributed by atoms with Crippen LogP contribution in [-0.2, 0) is 9.59 Å². The molecular formula is C20H19BrN2O4. The molecule has 1 heterocycles. The second-order valence-electron chi connectivity index (χ2n) is 6.79. The molecule has 3 rings (SSSR count). The van der Waals surface area contributed by atoms with Gasteiger partial charge in [-0.15, -0.1) is 0 Å². The Hall–Kier alpha value is -2.54. The zero-order valence-corrected chi connectivity index (χ0v) is 16.3. The first-order valence-corrected chi connectivity index (χ1v) is 9.37. The van der Waals surface area contributed by atoms with Gasteiger partial charge in [0.1, 0.15) is 0 Å². The van der Waals surface area contributed by atoms with Gasteiger partial charge >= 0.3 is 5.97 Å². The quantitative estimate of drug-likeness (QED) is 0.698. The molecule has 0 unspecified atom stereocenters. The average molecular weight is 431 g/mol. The third kappa shape index (κ3) is 4.60. The number of carboxylic acid groups (broad SMARTS) is 1. The van der Waals surface area contributed by atoms with Gasteiger partial charge in [0.25, 0.3) is 0 Å². The number of nitrogens with zero attached hydrogens (tertiary/aromatic N) is 2. The summed E-state index contributed by atoms with van der Waals surface area (Å²) in [5.74, 6) is -2.53. The third-order valence-electron chi connectivity index (χ3n) is 4.64. The van der Waals surface area contributed by atoms with Crippen molar-refractivity contribution in [1.29, 1.82) is 0 Å². The maximum Gasteiger partial charge on any atom is 0.307 e. The molecule has 1 N–H and O–H groups in total. The van der Waals surface area contributed by atoms with Crippen LogP contribution >= 0.6 is 15.9 Å². The average Bonchev–Trinajstić information content (AvgIpc) is 3.08. The van der Waals surface area contributed by atoms with Crippen LogP contribution < -0.4 is 0 Å². The summed E-state index contributed by atoms with van der Waals surface area (Å²) in [6.07, 6.45) is 5.26. The highest BCUT2D eigenvalue weighted by molar-refractivity contribution is 9.10. The summed E-state index contributed by atoms with van der Waals surface area (Å²) in [7, 11) is 0. The Bertz CT molecular complexity index is 870. The van der Waals surface area contributed by atoms with E-state index < -0.39 is 17.8 Å². The summed E-state index contributed by atoms with van der Waals surface area (Å²) in [6, 6.07) is 6.85. The molecule has 6 nitrogen and oxygen atoms in total. The number of rotatable bonds is 6. The lowest BCUT2D eigenvalue weighted by Crippen LogP contribution is -2.31. The summed E-state index contributed by atoms with van der Waals surface area (Å²) in [6.45, 7) is 2.20. The molecular weight excluding hydrogens is 412 g/mol. The van der Waals surface area contributed by atoms with Gasteiger partial charge in [0.15, 0.2) is 11.6 Å². The van der Waals surface area contributed by atoms with E-state index in [-0.39, 0.29) is 18.0 Å². The number of hydrogen-bond acceptors (Lipinski definition) is 5. The lowest BCUT2D eigenvalue weighted by molar-refractivity contribution is -0.142. The number of halogens is 1. The van der Waals surface area contributed by atoms with Crippen molar-refractivity contribution in [1.82, 2.24) is 5.01 Å². The zero-order chi connectivity index (χ0) is 19.6. The highest BCUT2D eigenvalue weighted by atomic mass is 79.9. The number of carbonyl (C=O) groups excluding carboxylic acids is 2. The molecule has 0 spiro atoms. The molecule has 0 amide bonds. The molecule has 0 saturated carbocycles. The molecule has 0 bridgehead atoms. The van der Waals surface area contributed by atoms with Crippen molar-refractivity contribution in [2.45, 2.75) is 19.8 Å². The van der Waals surface area contributed by atoms with E-state index >= 15 is 0 Å². The van der Waals surface area contributed by atoms with E-state index in [0.717, 1.165) is 10.0 Å². The van der Waals surface area contributed by atoms with Crippen LogP contribution in [0.1, 0.15) is 30.1 Å². The number of carboxylic acids is 1. The Balaban J connectivity index is 1.71. The fourth-order valence-corrected chi connectivity index (χ4v) is 3.49. The molecule has 0 radical (unpaired) electrons. The second kappa shape index (κ2) is 8.00. The van der Waals surface area contributed by atoms with Gasteiger partial charge in [-0.2, -0.15) is 5.10 Å². The van der Waals surface area contributed by atoms with Gasteiger partial charge in [0, 0.05) is 41.1 Å². The van der Waals surface area contributed by atoms with Crippen LogP contribution in [0.25, 0.3) is 0 Å². The summed E-state index contributed by atoms with van der Waals surface area (Å²) in [4.78, 5) is 36.0. The van der Waals surface area contributed by atoms with Crippen LogP contribution in [0.15, 0.2) is 57.3 Å². The minimum Gasteiger partial charge on any atom is -0.481 e. The molecule has 1 aromatic rings. The summed E-state index contributed by atoms with van der Waals surface area (Å²) < 4.78 is 0.853. The largest absolute Gasteiger partial charge is 0.481 e. The van der Waals surface area contributed by atoms with E-state index in [2.05, 4.69) is 21.0 Å². The van der Waals surface area contributed by atoms with Gasteiger partial charge in [-0.05, 0) is 25.1 Å². The topological polar surface area (TPSA) is 87.0 Å². The fourth-order valence-electron chi connectivity index (χ4n) is 3.22. The number of allylic oxidation sites excluding steroid dienone is 3. The number of hydrazone groups is 1. The Morgan fingerprint density at radius 2 is 2.00 bits per heavy atom. The first-order chi connectivity index (χ1) is 12.8. The van der Waals surface area contributed by atoms with E-state index in [1.54, 1.807) is 35.5 Å². The number of hydrogen-bond donors (Lipinski definition) is 1. The van der Waals surface area contributed by atoms with Crippen LogP contribution in [0.2, 0.25) is 0 Å². The van der Waals surface area contributed by atoms with Crippen molar-refractivity contribution in [2.75, 3.05) is 6.54 Å². The molecule has 27 heavy (non-hydrogen) atoms. The third-order valence-corrected chi connectivity index (χ3v) is 5.17. The minimum absolute atomic E-state index is 0.00357. The Labute approximate surface area is 165 Å². The van der Waals surface area contributed by atoms with Gasteiger partial charge in [0.2, 0.25) is 0 Å². The standard InChI is InChI=1S/C20H19BrN2O4/c1-12-6-16(8-17(24)7-12)23-11-14(10-22-23)18(20(26)27)9-19(25)13-2-4-15(21)5-3-13/h2-6,8,10,14,18H,7,9,11H2,1H3,(H,26,27)/t14-,18-/m0/s1. The van der Waals surface area contributed by atoms with Gasteiger partial charge < -0.3 is 5.11 Å².